The number of ether oxygens (including phenoxy) is 1. The van der Waals surface area contributed by atoms with Gasteiger partial charge in [-0.15, -0.1) is 0 Å². The Morgan fingerprint density at radius 3 is 2.41 bits per heavy atom. The Labute approximate surface area is 126 Å². The molecule has 1 atom stereocenters. The molecule has 1 amide bonds. The second kappa shape index (κ2) is 6.13. The highest BCUT2D eigenvalue weighted by Gasteiger charge is 2.24. The van der Waals surface area contributed by atoms with Gasteiger partial charge in [0.2, 0.25) is 5.91 Å². The van der Waals surface area contributed by atoms with Gasteiger partial charge in [0.1, 0.15) is 6.61 Å². The highest BCUT2D eigenvalue weighted by Crippen LogP contribution is 2.30. The second-order valence-electron chi connectivity index (χ2n) is 5.25. The summed E-state index contributed by atoms with van der Waals surface area (Å²) in [6, 6.07) is 11.3. The van der Waals surface area contributed by atoms with Crippen molar-refractivity contribution in [2.45, 2.75) is 25.5 Å². The van der Waals surface area contributed by atoms with Gasteiger partial charge in [-0.2, -0.15) is 0 Å². The lowest BCUT2D eigenvalue weighted by Gasteiger charge is -2.14. The summed E-state index contributed by atoms with van der Waals surface area (Å²) in [5.41, 5.74) is 1.25. The molecule has 1 heterocycles. The van der Waals surface area contributed by atoms with Gasteiger partial charge in [0.15, 0.2) is 17.4 Å². The molecule has 1 aliphatic rings. The van der Waals surface area contributed by atoms with Crippen LogP contribution in [0.2, 0.25) is 0 Å². The number of rotatable bonds is 4. The van der Waals surface area contributed by atoms with E-state index in [1.54, 1.807) is 0 Å². The van der Waals surface area contributed by atoms with E-state index >= 15 is 0 Å². The number of amides is 1. The van der Waals surface area contributed by atoms with Crippen LogP contribution in [0.1, 0.15) is 30.0 Å². The molecule has 1 saturated heterocycles. The molecule has 0 aliphatic carbocycles. The van der Waals surface area contributed by atoms with Crippen molar-refractivity contribution in [2.75, 3.05) is 0 Å². The first-order valence-electron chi connectivity index (χ1n) is 7.08. The third-order valence-electron chi connectivity index (χ3n) is 3.64. The van der Waals surface area contributed by atoms with Gasteiger partial charge in [0.05, 0.1) is 6.04 Å². The quantitative estimate of drug-likeness (QED) is 0.939. The van der Waals surface area contributed by atoms with Crippen LogP contribution in [0.15, 0.2) is 42.5 Å². The normalized spacial score (nSPS) is 17.4. The third kappa shape index (κ3) is 3.08. The molecule has 22 heavy (non-hydrogen) atoms. The van der Waals surface area contributed by atoms with E-state index in [1.807, 2.05) is 30.3 Å². The summed E-state index contributed by atoms with van der Waals surface area (Å²) in [6.45, 7) is 0.0915. The average molecular weight is 303 g/mol. The minimum absolute atomic E-state index is 0.0915. The molecule has 0 saturated carbocycles. The average Bonchev–Trinajstić information content (AvgIpc) is 2.94. The lowest BCUT2D eigenvalue weighted by atomic mass is 10.0. The maximum Gasteiger partial charge on any atom is 0.220 e. The third-order valence-corrected chi connectivity index (χ3v) is 3.64. The Hall–Kier alpha value is -2.43. The van der Waals surface area contributed by atoms with Crippen molar-refractivity contribution in [3.63, 3.8) is 0 Å². The zero-order valence-electron chi connectivity index (χ0n) is 11.8. The van der Waals surface area contributed by atoms with Crippen LogP contribution in [0.5, 0.6) is 5.75 Å². The van der Waals surface area contributed by atoms with Crippen molar-refractivity contribution >= 4 is 5.91 Å². The van der Waals surface area contributed by atoms with Gasteiger partial charge in [-0.1, -0.05) is 30.3 Å². The van der Waals surface area contributed by atoms with Crippen LogP contribution in [0, 0.1) is 11.6 Å². The molecule has 3 nitrogen and oxygen atoms in total. The number of nitrogens with one attached hydrogen (secondary N) is 1. The number of carbonyl (C=O) groups excluding carboxylic acids is 1. The van der Waals surface area contributed by atoms with Crippen LogP contribution in [0.3, 0.4) is 0 Å². The maximum absolute atomic E-state index is 14.1. The second-order valence-corrected chi connectivity index (χ2v) is 5.25. The van der Waals surface area contributed by atoms with Gasteiger partial charge in [-0.3, -0.25) is 4.79 Å². The Morgan fingerprint density at radius 1 is 1.14 bits per heavy atom. The topological polar surface area (TPSA) is 38.3 Å². The van der Waals surface area contributed by atoms with Crippen molar-refractivity contribution in [1.82, 2.24) is 5.32 Å². The van der Waals surface area contributed by atoms with Gasteiger partial charge in [-0.25, -0.2) is 8.78 Å². The molecule has 0 bridgehead atoms. The first kappa shape index (κ1) is 14.5. The molecule has 1 aliphatic heterocycles. The molecule has 3 rings (SSSR count). The largest absolute Gasteiger partial charge is 0.483 e. The highest BCUT2D eigenvalue weighted by atomic mass is 19.1. The van der Waals surface area contributed by atoms with Gasteiger partial charge in [-0.05, 0) is 29.7 Å². The van der Waals surface area contributed by atoms with E-state index in [2.05, 4.69) is 5.32 Å². The standard InChI is InChI=1S/C17H15F2NO2/c18-13-8-12(15-6-7-16(21)20-15)9-14(19)17(13)22-10-11-4-2-1-3-5-11/h1-5,8-9,15H,6-7,10H2,(H,20,21). The summed E-state index contributed by atoms with van der Waals surface area (Å²) >= 11 is 0. The summed E-state index contributed by atoms with van der Waals surface area (Å²) in [4.78, 5) is 11.2. The predicted molar refractivity (Wildman–Crippen MR) is 77.2 cm³/mol. The molecule has 1 fully saturated rings. The van der Waals surface area contributed by atoms with E-state index in [0.29, 0.717) is 18.4 Å². The van der Waals surface area contributed by atoms with Crippen LogP contribution >= 0.6 is 0 Å². The van der Waals surface area contributed by atoms with E-state index in [4.69, 9.17) is 4.74 Å². The van der Waals surface area contributed by atoms with Crippen molar-refractivity contribution in [3.05, 3.63) is 65.2 Å². The monoisotopic (exact) mass is 303 g/mol. The van der Waals surface area contributed by atoms with Gasteiger partial charge < -0.3 is 10.1 Å². The van der Waals surface area contributed by atoms with Crippen LogP contribution in [0.4, 0.5) is 8.78 Å². The minimum Gasteiger partial charge on any atom is -0.483 e. The molecule has 5 heteroatoms. The fourth-order valence-corrected chi connectivity index (χ4v) is 2.51. The summed E-state index contributed by atoms with van der Waals surface area (Å²) in [5.74, 6) is -2.01. The predicted octanol–water partition coefficient (Wildman–Crippen LogP) is 3.49. The fourth-order valence-electron chi connectivity index (χ4n) is 2.51. The van der Waals surface area contributed by atoms with E-state index in [-0.39, 0.29) is 18.6 Å². The molecule has 0 spiro atoms. The highest BCUT2D eigenvalue weighted by molar-refractivity contribution is 5.78. The van der Waals surface area contributed by atoms with Crippen molar-refractivity contribution in [1.29, 1.82) is 0 Å². The molecule has 1 N–H and O–H groups in total. The SMILES string of the molecule is O=C1CCC(c2cc(F)c(OCc3ccccc3)c(F)c2)N1. The van der Waals surface area contributed by atoms with Crippen LogP contribution < -0.4 is 10.1 Å². The summed E-state index contributed by atoms with van der Waals surface area (Å²) < 4.78 is 33.4. The molecule has 114 valence electrons. The van der Waals surface area contributed by atoms with E-state index < -0.39 is 17.4 Å². The van der Waals surface area contributed by atoms with Gasteiger partial charge in [0.25, 0.3) is 0 Å². The van der Waals surface area contributed by atoms with E-state index in [9.17, 15) is 13.6 Å². The lowest BCUT2D eigenvalue weighted by molar-refractivity contribution is -0.119. The Bertz CT molecular complexity index is 665. The molecular weight excluding hydrogens is 288 g/mol. The number of hydrogen-bond donors (Lipinski definition) is 1. The zero-order chi connectivity index (χ0) is 15.5. The molecule has 2 aromatic rings. The molecule has 2 aromatic carbocycles. The minimum atomic E-state index is -0.757. The van der Waals surface area contributed by atoms with E-state index in [1.165, 1.54) is 12.1 Å². The van der Waals surface area contributed by atoms with Crippen LogP contribution in [0.25, 0.3) is 0 Å². The first-order valence-corrected chi connectivity index (χ1v) is 7.08. The number of carbonyl (C=O) groups is 1. The Morgan fingerprint density at radius 2 is 1.82 bits per heavy atom. The summed E-state index contributed by atoms with van der Waals surface area (Å²) in [5, 5.41) is 2.69. The first-order chi connectivity index (χ1) is 10.6. The molecular formula is C17H15F2NO2. The molecule has 1 unspecified atom stereocenters. The number of benzene rings is 2. The zero-order valence-corrected chi connectivity index (χ0v) is 11.8. The Balaban J connectivity index is 1.76. The van der Waals surface area contributed by atoms with Gasteiger partial charge >= 0.3 is 0 Å². The lowest BCUT2D eigenvalue weighted by Crippen LogP contribution is -2.18. The molecule has 0 radical (unpaired) electrons. The Kier molecular flexibility index (Phi) is 4.04. The van der Waals surface area contributed by atoms with Crippen molar-refractivity contribution in [2.24, 2.45) is 0 Å². The smallest absolute Gasteiger partial charge is 0.220 e. The fraction of sp³-hybridized carbons (Fsp3) is 0.235. The number of hydrogen-bond acceptors (Lipinski definition) is 2. The van der Waals surface area contributed by atoms with Crippen molar-refractivity contribution in [3.8, 4) is 5.75 Å². The maximum atomic E-state index is 14.1. The summed E-state index contributed by atoms with van der Waals surface area (Å²) in [7, 11) is 0. The van der Waals surface area contributed by atoms with Crippen LogP contribution in [-0.2, 0) is 11.4 Å². The van der Waals surface area contributed by atoms with E-state index in [0.717, 1.165) is 5.56 Å². The molecule has 0 aromatic heterocycles. The van der Waals surface area contributed by atoms with Gasteiger partial charge in [0, 0.05) is 6.42 Å². The van der Waals surface area contributed by atoms with Crippen molar-refractivity contribution < 1.29 is 18.3 Å². The number of halogens is 2. The van der Waals surface area contributed by atoms with Crippen LogP contribution in [-0.4, -0.2) is 5.91 Å². The summed E-state index contributed by atoms with van der Waals surface area (Å²) in [6.07, 6.45) is 0.919.